The highest BCUT2D eigenvalue weighted by molar-refractivity contribution is 6.07. The maximum Gasteiger partial charge on any atom is 0.254 e. The van der Waals surface area contributed by atoms with Crippen molar-refractivity contribution in [3.8, 4) is 5.75 Å². The molecule has 0 N–H and O–H groups in total. The van der Waals surface area contributed by atoms with Gasteiger partial charge in [-0.15, -0.1) is 0 Å². The summed E-state index contributed by atoms with van der Waals surface area (Å²) in [4.78, 5) is 29.8. The van der Waals surface area contributed by atoms with Crippen LogP contribution in [0.5, 0.6) is 5.75 Å². The molecule has 0 saturated carbocycles. The summed E-state index contributed by atoms with van der Waals surface area (Å²) >= 11 is 0. The molecule has 6 heteroatoms. The molecule has 3 aromatic carbocycles. The topological polar surface area (TPSA) is 49.9 Å². The van der Waals surface area contributed by atoms with Gasteiger partial charge in [0.15, 0.2) is 11.6 Å². The van der Waals surface area contributed by atoms with Crippen molar-refractivity contribution in [2.75, 3.05) is 27.2 Å². The SMILES string of the molecule is COc1ccc(CN(C)C(=O)C2CCCN(C(=O)c3cccc4ccccc34)C2)cc1F. The number of methoxy groups -OCH3 is 1. The number of nitrogens with zero attached hydrogens (tertiary/aromatic N) is 2. The third-order valence-electron chi connectivity index (χ3n) is 6.09. The number of hydrogen-bond acceptors (Lipinski definition) is 3. The number of piperidine rings is 1. The molecule has 1 fully saturated rings. The molecule has 1 unspecified atom stereocenters. The van der Waals surface area contributed by atoms with E-state index in [0.29, 0.717) is 30.8 Å². The van der Waals surface area contributed by atoms with Gasteiger partial charge in [0, 0.05) is 32.2 Å². The molecule has 1 heterocycles. The van der Waals surface area contributed by atoms with E-state index in [9.17, 15) is 14.0 Å². The average molecular weight is 435 g/mol. The fourth-order valence-corrected chi connectivity index (χ4v) is 4.42. The van der Waals surface area contributed by atoms with Crippen LogP contribution in [-0.4, -0.2) is 48.9 Å². The molecule has 1 aliphatic heterocycles. The van der Waals surface area contributed by atoms with E-state index in [1.54, 1.807) is 29.0 Å². The van der Waals surface area contributed by atoms with Gasteiger partial charge in [0.05, 0.1) is 13.0 Å². The number of halogens is 1. The van der Waals surface area contributed by atoms with Gasteiger partial charge in [-0.1, -0.05) is 42.5 Å². The van der Waals surface area contributed by atoms with Crippen LogP contribution in [0.15, 0.2) is 60.7 Å². The Kier molecular flexibility index (Phi) is 6.40. The second-order valence-corrected chi connectivity index (χ2v) is 8.28. The van der Waals surface area contributed by atoms with Crippen LogP contribution in [-0.2, 0) is 11.3 Å². The van der Waals surface area contributed by atoms with Gasteiger partial charge < -0.3 is 14.5 Å². The van der Waals surface area contributed by atoms with Crippen molar-refractivity contribution in [2.24, 2.45) is 5.92 Å². The summed E-state index contributed by atoms with van der Waals surface area (Å²) in [5.41, 5.74) is 1.36. The van der Waals surface area contributed by atoms with Crippen molar-refractivity contribution in [3.05, 3.63) is 77.6 Å². The fraction of sp³-hybridized carbons (Fsp3) is 0.308. The fourth-order valence-electron chi connectivity index (χ4n) is 4.42. The minimum absolute atomic E-state index is 0.0309. The largest absolute Gasteiger partial charge is 0.494 e. The highest BCUT2D eigenvalue weighted by atomic mass is 19.1. The van der Waals surface area contributed by atoms with Crippen LogP contribution in [0.1, 0.15) is 28.8 Å². The first-order valence-electron chi connectivity index (χ1n) is 10.8. The molecule has 3 aromatic rings. The highest BCUT2D eigenvalue weighted by Gasteiger charge is 2.31. The Morgan fingerprint density at radius 2 is 1.91 bits per heavy atom. The zero-order valence-electron chi connectivity index (χ0n) is 18.4. The standard InChI is InChI=1S/C26H27FN2O3/c1-28(16-18-12-13-24(32-2)23(27)15-18)25(30)20-9-6-14-29(17-20)26(31)22-11-5-8-19-7-3-4-10-21(19)22/h3-5,7-8,10-13,15,20H,6,9,14,16-17H2,1-2H3. The number of rotatable bonds is 5. The molecule has 1 saturated heterocycles. The predicted octanol–water partition coefficient (Wildman–Crippen LogP) is 4.50. The zero-order valence-corrected chi connectivity index (χ0v) is 18.4. The number of amides is 2. The molecular formula is C26H27FN2O3. The first-order chi connectivity index (χ1) is 15.5. The van der Waals surface area contributed by atoms with Gasteiger partial charge in [-0.25, -0.2) is 4.39 Å². The first-order valence-corrected chi connectivity index (χ1v) is 10.8. The molecule has 32 heavy (non-hydrogen) atoms. The van der Waals surface area contributed by atoms with E-state index < -0.39 is 5.82 Å². The first kappa shape index (κ1) is 21.8. The molecule has 0 aliphatic carbocycles. The minimum Gasteiger partial charge on any atom is -0.494 e. The maximum absolute atomic E-state index is 14.0. The van der Waals surface area contributed by atoms with Gasteiger partial charge in [0.25, 0.3) is 5.91 Å². The van der Waals surface area contributed by atoms with Gasteiger partial charge in [-0.05, 0) is 47.4 Å². The van der Waals surface area contributed by atoms with E-state index in [0.717, 1.165) is 23.6 Å². The van der Waals surface area contributed by atoms with Crippen molar-refractivity contribution in [2.45, 2.75) is 19.4 Å². The van der Waals surface area contributed by atoms with Gasteiger partial charge >= 0.3 is 0 Å². The summed E-state index contributed by atoms with van der Waals surface area (Å²) in [6.45, 7) is 1.33. The molecule has 0 radical (unpaired) electrons. The van der Waals surface area contributed by atoms with E-state index in [2.05, 4.69) is 0 Å². The van der Waals surface area contributed by atoms with E-state index in [4.69, 9.17) is 4.74 Å². The lowest BCUT2D eigenvalue weighted by Gasteiger charge is -2.34. The van der Waals surface area contributed by atoms with Crippen molar-refractivity contribution in [1.82, 2.24) is 9.80 Å². The quantitative estimate of drug-likeness (QED) is 0.594. The third-order valence-corrected chi connectivity index (χ3v) is 6.09. The second kappa shape index (κ2) is 9.39. The lowest BCUT2D eigenvalue weighted by atomic mass is 9.95. The molecule has 5 nitrogen and oxygen atoms in total. The van der Waals surface area contributed by atoms with Gasteiger partial charge in [0.2, 0.25) is 5.91 Å². The monoisotopic (exact) mass is 434 g/mol. The lowest BCUT2D eigenvalue weighted by molar-refractivity contribution is -0.136. The Labute approximate surface area is 187 Å². The summed E-state index contributed by atoms with van der Waals surface area (Å²) in [5, 5.41) is 1.95. The van der Waals surface area contributed by atoms with Crippen LogP contribution in [0.25, 0.3) is 10.8 Å². The van der Waals surface area contributed by atoms with Gasteiger partial charge in [-0.3, -0.25) is 9.59 Å². The normalized spacial score (nSPS) is 16.1. The summed E-state index contributed by atoms with van der Waals surface area (Å²) in [7, 11) is 3.14. The summed E-state index contributed by atoms with van der Waals surface area (Å²) in [6.07, 6.45) is 1.51. The lowest BCUT2D eigenvalue weighted by Crippen LogP contribution is -2.45. The van der Waals surface area contributed by atoms with E-state index >= 15 is 0 Å². The molecule has 0 spiro atoms. The third kappa shape index (κ3) is 4.44. The Balaban J connectivity index is 1.45. The molecule has 1 aliphatic rings. The summed E-state index contributed by atoms with van der Waals surface area (Å²) in [5.74, 6) is -0.612. The van der Waals surface area contributed by atoms with Crippen molar-refractivity contribution in [3.63, 3.8) is 0 Å². The van der Waals surface area contributed by atoms with E-state index in [1.807, 2.05) is 42.5 Å². The van der Waals surface area contributed by atoms with Gasteiger partial charge in [-0.2, -0.15) is 0 Å². The van der Waals surface area contributed by atoms with E-state index in [-0.39, 0.29) is 23.5 Å². The molecule has 0 aromatic heterocycles. The molecule has 166 valence electrons. The van der Waals surface area contributed by atoms with Crippen molar-refractivity contribution in [1.29, 1.82) is 0 Å². The Morgan fingerprint density at radius 3 is 2.69 bits per heavy atom. The second-order valence-electron chi connectivity index (χ2n) is 8.28. The van der Waals surface area contributed by atoms with Crippen LogP contribution < -0.4 is 4.74 Å². The molecule has 0 bridgehead atoms. The number of fused-ring (bicyclic) bond motifs is 1. The number of benzene rings is 3. The Bertz CT molecular complexity index is 1140. The number of hydrogen-bond donors (Lipinski definition) is 0. The van der Waals surface area contributed by atoms with Crippen LogP contribution in [0.3, 0.4) is 0 Å². The Hall–Kier alpha value is -3.41. The molecule has 4 rings (SSSR count). The van der Waals surface area contributed by atoms with Gasteiger partial charge in [0.1, 0.15) is 0 Å². The van der Waals surface area contributed by atoms with E-state index in [1.165, 1.54) is 13.2 Å². The summed E-state index contributed by atoms with van der Waals surface area (Å²) in [6, 6.07) is 18.3. The molecular weight excluding hydrogens is 407 g/mol. The number of ether oxygens (including phenoxy) is 1. The highest BCUT2D eigenvalue weighted by Crippen LogP contribution is 2.25. The minimum atomic E-state index is -0.449. The molecule has 2 amide bonds. The average Bonchev–Trinajstić information content (AvgIpc) is 2.83. The van der Waals surface area contributed by atoms with Crippen molar-refractivity contribution < 1.29 is 18.7 Å². The van der Waals surface area contributed by atoms with Crippen molar-refractivity contribution >= 4 is 22.6 Å². The zero-order chi connectivity index (χ0) is 22.7. The number of carbonyl (C=O) groups is 2. The van der Waals surface area contributed by atoms with Crippen LogP contribution >= 0.6 is 0 Å². The number of carbonyl (C=O) groups excluding carboxylic acids is 2. The van der Waals surface area contributed by atoms with Crippen LogP contribution in [0.2, 0.25) is 0 Å². The number of likely N-dealkylation sites (tertiary alicyclic amines) is 1. The van der Waals surface area contributed by atoms with Crippen LogP contribution in [0.4, 0.5) is 4.39 Å². The maximum atomic E-state index is 14.0. The van der Waals surface area contributed by atoms with Crippen LogP contribution in [0, 0.1) is 11.7 Å². The molecule has 1 atom stereocenters. The Morgan fingerprint density at radius 1 is 1.12 bits per heavy atom. The predicted molar refractivity (Wildman–Crippen MR) is 122 cm³/mol. The summed E-state index contributed by atoms with van der Waals surface area (Å²) < 4.78 is 18.9. The smallest absolute Gasteiger partial charge is 0.254 e.